The Balaban J connectivity index is 1.55. The summed E-state index contributed by atoms with van der Waals surface area (Å²) in [5, 5.41) is 2.75. The van der Waals surface area contributed by atoms with Crippen LogP contribution in [-0.2, 0) is 19.1 Å². The highest BCUT2D eigenvalue weighted by molar-refractivity contribution is 8.26. The molecule has 2 aliphatic heterocycles. The van der Waals surface area contributed by atoms with Gasteiger partial charge in [-0.05, 0) is 43.2 Å². The van der Waals surface area contributed by atoms with E-state index >= 15 is 0 Å². The van der Waals surface area contributed by atoms with E-state index in [0.29, 0.717) is 33.4 Å². The van der Waals surface area contributed by atoms with Crippen molar-refractivity contribution in [2.45, 2.75) is 20.8 Å². The van der Waals surface area contributed by atoms with Crippen LogP contribution < -0.4 is 10.2 Å². The zero-order valence-corrected chi connectivity index (χ0v) is 21.7. The summed E-state index contributed by atoms with van der Waals surface area (Å²) >= 11 is 6.53. The maximum absolute atomic E-state index is 13.5. The van der Waals surface area contributed by atoms with Crippen molar-refractivity contribution in [1.29, 1.82) is 0 Å². The number of anilines is 2. The van der Waals surface area contributed by atoms with Crippen LogP contribution in [0.15, 0.2) is 53.4 Å². The van der Waals surface area contributed by atoms with Crippen LogP contribution in [0.5, 0.6) is 0 Å². The van der Waals surface area contributed by atoms with Crippen molar-refractivity contribution < 1.29 is 23.9 Å². The molecule has 0 bridgehead atoms. The van der Waals surface area contributed by atoms with Gasteiger partial charge in [0, 0.05) is 17.8 Å². The number of carbonyl (C=O) groups excluding carboxylic acids is 4. The van der Waals surface area contributed by atoms with Crippen LogP contribution in [0.25, 0.3) is 5.57 Å². The average Bonchev–Trinajstić information content (AvgIpc) is 3.26. The largest absolute Gasteiger partial charge is 0.462 e. The molecule has 0 radical (unpaired) electrons. The van der Waals surface area contributed by atoms with Crippen LogP contribution in [0, 0.1) is 5.92 Å². The molecule has 1 saturated heterocycles. The van der Waals surface area contributed by atoms with Crippen molar-refractivity contribution in [2.75, 3.05) is 29.9 Å². The molecule has 2 aliphatic rings. The van der Waals surface area contributed by atoms with Gasteiger partial charge in [0.05, 0.1) is 28.3 Å². The zero-order chi connectivity index (χ0) is 26.0. The monoisotopic (exact) mass is 523 g/mol. The molecule has 2 aromatic rings. The molecule has 0 spiro atoms. The SMILES string of the molecule is CCOC(=O)c1ccc(NC(=O)CN2C(=O)C(=C3SC(=S)N(CC(C)C)C3=O)c3ccccc32)cc1. The molecule has 2 heterocycles. The molecular weight excluding hydrogens is 498 g/mol. The summed E-state index contributed by atoms with van der Waals surface area (Å²) in [6.45, 7) is 6.21. The van der Waals surface area contributed by atoms with Gasteiger partial charge in [-0.25, -0.2) is 4.79 Å². The third kappa shape index (κ3) is 5.05. The molecular formula is C26H25N3O5S2. The second kappa shape index (κ2) is 10.6. The number of nitrogens with one attached hydrogen (secondary N) is 1. The number of amides is 3. The van der Waals surface area contributed by atoms with Crippen molar-refractivity contribution in [3.8, 4) is 0 Å². The minimum atomic E-state index is -0.444. The summed E-state index contributed by atoms with van der Waals surface area (Å²) in [5.74, 6) is -1.36. The second-order valence-corrected chi connectivity index (χ2v) is 10.3. The van der Waals surface area contributed by atoms with E-state index in [1.54, 1.807) is 55.5 Å². The summed E-state index contributed by atoms with van der Waals surface area (Å²) < 4.78 is 5.38. The Hall–Kier alpha value is -3.50. The highest BCUT2D eigenvalue weighted by Gasteiger charge is 2.42. The van der Waals surface area contributed by atoms with Gasteiger partial charge in [-0.1, -0.05) is 56.0 Å². The molecule has 4 rings (SSSR count). The first-order chi connectivity index (χ1) is 17.2. The van der Waals surface area contributed by atoms with Gasteiger partial charge in [-0.3, -0.25) is 24.2 Å². The Kier molecular flexibility index (Phi) is 7.56. The van der Waals surface area contributed by atoms with E-state index in [-0.39, 0.29) is 35.5 Å². The van der Waals surface area contributed by atoms with Crippen LogP contribution >= 0.6 is 24.0 Å². The predicted molar refractivity (Wildman–Crippen MR) is 143 cm³/mol. The molecule has 0 unspecified atom stereocenters. The van der Waals surface area contributed by atoms with E-state index in [0.717, 1.165) is 11.8 Å². The lowest BCUT2D eigenvalue weighted by Crippen LogP contribution is -2.36. The summed E-state index contributed by atoms with van der Waals surface area (Å²) in [5.41, 5.74) is 2.26. The van der Waals surface area contributed by atoms with Gasteiger partial charge < -0.3 is 10.1 Å². The summed E-state index contributed by atoms with van der Waals surface area (Å²) in [6, 6.07) is 13.4. The Bertz CT molecular complexity index is 1290. The van der Waals surface area contributed by atoms with Gasteiger partial charge in [0.1, 0.15) is 10.9 Å². The third-order valence-electron chi connectivity index (χ3n) is 5.53. The Labute approximate surface area is 218 Å². The van der Waals surface area contributed by atoms with E-state index in [1.165, 1.54) is 9.80 Å². The van der Waals surface area contributed by atoms with Crippen LogP contribution in [0.4, 0.5) is 11.4 Å². The Morgan fingerprint density at radius 3 is 2.39 bits per heavy atom. The van der Waals surface area contributed by atoms with E-state index < -0.39 is 17.8 Å². The molecule has 0 atom stereocenters. The molecule has 10 heteroatoms. The van der Waals surface area contributed by atoms with Crippen molar-refractivity contribution in [2.24, 2.45) is 5.92 Å². The van der Waals surface area contributed by atoms with Crippen molar-refractivity contribution in [3.63, 3.8) is 0 Å². The number of fused-ring (bicyclic) bond motifs is 1. The molecule has 3 amide bonds. The van der Waals surface area contributed by atoms with Gasteiger partial charge in [0.25, 0.3) is 11.8 Å². The predicted octanol–water partition coefficient (Wildman–Crippen LogP) is 4.08. The van der Waals surface area contributed by atoms with Crippen LogP contribution in [0.2, 0.25) is 0 Å². The molecule has 1 N–H and O–H groups in total. The average molecular weight is 524 g/mol. The number of hydrogen-bond donors (Lipinski definition) is 1. The van der Waals surface area contributed by atoms with Crippen molar-refractivity contribution in [3.05, 3.63) is 64.6 Å². The highest BCUT2D eigenvalue weighted by atomic mass is 32.2. The number of thioether (sulfide) groups is 1. The van der Waals surface area contributed by atoms with Crippen LogP contribution in [0.1, 0.15) is 36.7 Å². The van der Waals surface area contributed by atoms with Gasteiger partial charge in [-0.2, -0.15) is 0 Å². The summed E-state index contributed by atoms with van der Waals surface area (Å²) in [4.78, 5) is 54.5. The fourth-order valence-corrected chi connectivity index (χ4v) is 5.32. The number of thiocarbonyl (C=S) groups is 1. The standard InChI is InChI=1S/C26H25N3O5S2/c1-4-34-25(33)16-9-11-17(12-10-16)27-20(30)14-28-19-8-6-5-7-18(19)21(23(28)31)22-24(32)29(13-15(2)3)26(35)36-22/h5-12,15H,4,13-14H2,1-3H3,(H,27,30). The van der Waals surface area contributed by atoms with Crippen LogP contribution in [0.3, 0.4) is 0 Å². The van der Waals surface area contributed by atoms with Crippen molar-refractivity contribution >= 4 is 68.9 Å². The fourth-order valence-electron chi connectivity index (χ4n) is 3.98. The quantitative estimate of drug-likeness (QED) is 0.332. The first kappa shape index (κ1) is 25.6. The number of hydrogen-bond acceptors (Lipinski definition) is 7. The van der Waals surface area contributed by atoms with Gasteiger partial charge in [0.2, 0.25) is 5.91 Å². The fraction of sp³-hybridized carbons (Fsp3) is 0.269. The number of nitrogens with zero attached hydrogens (tertiary/aromatic N) is 2. The normalized spacial score (nSPS) is 17.2. The zero-order valence-electron chi connectivity index (χ0n) is 20.1. The topological polar surface area (TPSA) is 96.0 Å². The van der Waals surface area contributed by atoms with Gasteiger partial charge in [-0.15, -0.1) is 0 Å². The van der Waals surface area contributed by atoms with Crippen LogP contribution in [-0.4, -0.2) is 52.6 Å². The summed E-state index contributed by atoms with van der Waals surface area (Å²) in [7, 11) is 0. The van der Waals surface area contributed by atoms with Gasteiger partial charge in [0.15, 0.2) is 0 Å². The molecule has 0 aliphatic carbocycles. The number of carbonyl (C=O) groups is 4. The Morgan fingerprint density at radius 2 is 1.72 bits per heavy atom. The smallest absolute Gasteiger partial charge is 0.338 e. The minimum Gasteiger partial charge on any atom is -0.462 e. The minimum absolute atomic E-state index is 0.218. The highest BCUT2D eigenvalue weighted by Crippen LogP contribution is 2.44. The molecule has 2 aromatic carbocycles. The maximum atomic E-state index is 13.5. The number of rotatable bonds is 7. The van der Waals surface area contributed by atoms with Gasteiger partial charge >= 0.3 is 5.97 Å². The lowest BCUT2D eigenvalue weighted by Gasteiger charge is -2.17. The Morgan fingerprint density at radius 1 is 1.03 bits per heavy atom. The van der Waals surface area contributed by atoms with E-state index in [2.05, 4.69) is 5.32 Å². The van der Waals surface area contributed by atoms with Crippen molar-refractivity contribution in [1.82, 2.24) is 4.90 Å². The first-order valence-corrected chi connectivity index (χ1v) is 12.7. The number of esters is 1. The molecule has 0 aromatic heterocycles. The second-order valence-electron chi connectivity index (χ2n) is 8.64. The molecule has 36 heavy (non-hydrogen) atoms. The summed E-state index contributed by atoms with van der Waals surface area (Å²) in [6.07, 6.45) is 0. The third-order valence-corrected chi connectivity index (χ3v) is 6.98. The van der Waals surface area contributed by atoms with E-state index in [4.69, 9.17) is 17.0 Å². The number of benzene rings is 2. The maximum Gasteiger partial charge on any atom is 0.338 e. The molecule has 0 saturated carbocycles. The van der Waals surface area contributed by atoms with E-state index in [9.17, 15) is 19.2 Å². The number of para-hydroxylation sites is 1. The lowest BCUT2D eigenvalue weighted by molar-refractivity contribution is -0.122. The van der Waals surface area contributed by atoms with E-state index in [1.807, 2.05) is 13.8 Å². The molecule has 186 valence electrons. The molecule has 1 fully saturated rings. The molecule has 8 nitrogen and oxygen atoms in total. The first-order valence-electron chi connectivity index (χ1n) is 11.5. The number of ether oxygens (including phenoxy) is 1. The lowest BCUT2D eigenvalue weighted by atomic mass is 10.1.